The van der Waals surface area contributed by atoms with Crippen LogP contribution in [0.4, 0.5) is 0 Å². The normalized spacial score (nSPS) is 10.7. The highest BCUT2D eigenvalue weighted by atomic mass is 16.5. The predicted molar refractivity (Wildman–Crippen MR) is 103 cm³/mol. The third-order valence-corrected chi connectivity index (χ3v) is 3.93. The molecule has 2 aromatic carbocycles. The number of hydrogen-bond donors (Lipinski definition) is 0. The second-order valence-electron chi connectivity index (χ2n) is 5.86. The summed E-state index contributed by atoms with van der Waals surface area (Å²) in [6, 6.07) is 19.7. The van der Waals surface area contributed by atoms with Gasteiger partial charge in [0.2, 0.25) is 5.91 Å². The van der Waals surface area contributed by atoms with Gasteiger partial charge in [-0.05, 0) is 30.5 Å². The van der Waals surface area contributed by atoms with Crippen LogP contribution in [-0.2, 0) is 20.7 Å². The van der Waals surface area contributed by atoms with Gasteiger partial charge in [0.05, 0.1) is 13.0 Å². The maximum atomic E-state index is 12.6. The highest BCUT2D eigenvalue weighted by Crippen LogP contribution is 2.06. The van der Waals surface area contributed by atoms with Crippen molar-refractivity contribution in [2.45, 2.75) is 19.8 Å². The lowest BCUT2D eigenvalue weighted by Gasteiger charge is -2.21. The van der Waals surface area contributed by atoms with Crippen molar-refractivity contribution in [3.05, 3.63) is 77.9 Å². The van der Waals surface area contributed by atoms with Gasteiger partial charge in [0, 0.05) is 19.2 Å². The van der Waals surface area contributed by atoms with Crippen LogP contribution in [0.1, 0.15) is 24.5 Å². The van der Waals surface area contributed by atoms with Crippen molar-refractivity contribution in [1.29, 1.82) is 0 Å². The van der Waals surface area contributed by atoms with Gasteiger partial charge in [-0.25, -0.2) is 0 Å². The van der Waals surface area contributed by atoms with Gasteiger partial charge in [-0.3, -0.25) is 9.59 Å². The number of benzene rings is 2. The van der Waals surface area contributed by atoms with Crippen molar-refractivity contribution in [2.75, 3.05) is 19.7 Å². The van der Waals surface area contributed by atoms with E-state index < -0.39 is 0 Å². The summed E-state index contributed by atoms with van der Waals surface area (Å²) in [5.74, 6) is -0.383. The van der Waals surface area contributed by atoms with Gasteiger partial charge in [0.1, 0.15) is 0 Å². The molecule has 0 radical (unpaired) electrons. The minimum atomic E-state index is -0.281. The molecule has 0 saturated carbocycles. The molecule has 0 heterocycles. The summed E-state index contributed by atoms with van der Waals surface area (Å²) >= 11 is 0. The zero-order chi connectivity index (χ0) is 18.6. The minimum absolute atomic E-state index is 0.103. The molecule has 0 aliphatic heterocycles. The first kappa shape index (κ1) is 19.4. The van der Waals surface area contributed by atoms with Gasteiger partial charge >= 0.3 is 5.97 Å². The van der Waals surface area contributed by atoms with Crippen LogP contribution in [-0.4, -0.2) is 36.5 Å². The number of carbonyl (C=O) groups excluding carboxylic acids is 2. The number of amides is 1. The van der Waals surface area contributed by atoms with Gasteiger partial charge in [-0.1, -0.05) is 60.7 Å². The summed E-state index contributed by atoms with van der Waals surface area (Å²) in [5, 5.41) is 0. The van der Waals surface area contributed by atoms with Gasteiger partial charge in [-0.15, -0.1) is 0 Å². The number of hydrogen-bond acceptors (Lipinski definition) is 3. The molecule has 0 unspecified atom stereocenters. The van der Waals surface area contributed by atoms with Crippen molar-refractivity contribution >= 4 is 18.0 Å². The summed E-state index contributed by atoms with van der Waals surface area (Å²) < 4.78 is 4.97. The fourth-order valence-corrected chi connectivity index (χ4v) is 2.54. The Balaban J connectivity index is 1.99. The summed E-state index contributed by atoms with van der Waals surface area (Å²) in [4.78, 5) is 25.9. The second kappa shape index (κ2) is 10.9. The van der Waals surface area contributed by atoms with E-state index in [0.29, 0.717) is 19.7 Å². The summed E-state index contributed by atoms with van der Waals surface area (Å²) in [5.41, 5.74) is 2.13. The lowest BCUT2D eigenvalue weighted by molar-refractivity contribution is -0.143. The molecule has 0 bridgehead atoms. The Kier molecular flexibility index (Phi) is 8.13. The maximum Gasteiger partial charge on any atom is 0.307 e. The minimum Gasteiger partial charge on any atom is -0.466 e. The summed E-state index contributed by atoms with van der Waals surface area (Å²) in [6.45, 7) is 3.04. The predicted octanol–water partition coefficient (Wildman–Crippen LogP) is 3.72. The van der Waals surface area contributed by atoms with Gasteiger partial charge in [-0.2, -0.15) is 0 Å². The first-order chi connectivity index (χ1) is 12.7. The fourth-order valence-electron chi connectivity index (χ4n) is 2.54. The number of rotatable bonds is 9. The molecule has 2 aromatic rings. The van der Waals surface area contributed by atoms with Crippen LogP contribution < -0.4 is 0 Å². The van der Waals surface area contributed by atoms with Crippen LogP contribution in [0.2, 0.25) is 0 Å². The quantitative estimate of drug-likeness (QED) is 0.511. The van der Waals surface area contributed by atoms with Crippen molar-refractivity contribution in [3.8, 4) is 0 Å². The number of nitrogens with zero attached hydrogens (tertiary/aromatic N) is 1. The summed E-state index contributed by atoms with van der Waals surface area (Å²) in [6.07, 6.45) is 4.30. The Morgan fingerprint density at radius 2 is 1.62 bits per heavy atom. The Morgan fingerprint density at radius 3 is 2.27 bits per heavy atom. The number of ether oxygens (including phenoxy) is 1. The van der Waals surface area contributed by atoms with E-state index in [1.807, 2.05) is 60.7 Å². The summed E-state index contributed by atoms with van der Waals surface area (Å²) in [7, 11) is 0. The number of esters is 1. The van der Waals surface area contributed by atoms with Gasteiger partial charge in [0.25, 0.3) is 0 Å². The van der Waals surface area contributed by atoms with Crippen molar-refractivity contribution in [2.24, 2.45) is 0 Å². The first-order valence-electron chi connectivity index (χ1n) is 8.90. The van der Waals surface area contributed by atoms with E-state index in [2.05, 4.69) is 0 Å². The molecular formula is C22H25NO3. The van der Waals surface area contributed by atoms with E-state index in [-0.39, 0.29) is 18.3 Å². The van der Waals surface area contributed by atoms with E-state index >= 15 is 0 Å². The Hall–Kier alpha value is -2.88. The Morgan fingerprint density at radius 1 is 0.962 bits per heavy atom. The Labute approximate surface area is 155 Å². The van der Waals surface area contributed by atoms with E-state index in [1.165, 1.54) is 0 Å². The van der Waals surface area contributed by atoms with Gasteiger partial charge in [0.15, 0.2) is 0 Å². The largest absolute Gasteiger partial charge is 0.466 e. The molecule has 4 nitrogen and oxygen atoms in total. The van der Waals surface area contributed by atoms with Crippen molar-refractivity contribution in [3.63, 3.8) is 0 Å². The second-order valence-corrected chi connectivity index (χ2v) is 5.86. The van der Waals surface area contributed by atoms with E-state index in [0.717, 1.165) is 17.5 Å². The van der Waals surface area contributed by atoms with Crippen LogP contribution in [0, 0.1) is 0 Å². The highest BCUT2D eigenvalue weighted by Gasteiger charge is 2.13. The molecule has 0 aromatic heterocycles. The molecule has 0 atom stereocenters. The van der Waals surface area contributed by atoms with Crippen LogP contribution in [0.3, 0.4) is 0 Å². The van der Waals surface area contributed by atoms with Crippen molar-refractivity contribution in [1.82, 2.24) is 4.90 Å². The maximum absolute atomic E-state index is 12.6. The topological polar surface area (TPSA) is 46.6 Å². The molecule has 1 amide bonds. The molecule has 0 fully saturated rings. The third-order valence-electron chi connectivity index (χ3n) is 3.93. The monoisotopic (exact) mass is 351 g/mol. The molecule has 0 aliphatic rings. The molecular weight excluding hydrogens is 326 g/mol. The molecule has 0 N–H and O–H groups in total. The van der Waals surface area contributed by atoms with Crippen LogP contribution in [0.5, 0.6) is 0 Å². The molecule has 26 heavy (non-hydrogen) atoms. The molecule has 4 heteroatoms. The number of carbonyl (C=O) groups is 2. The van der Waals surface area contributed by atoms with Crippen LogP contribution in [0.15, 0.2) is 66.7 Å². The average Bonchev–Trinajstić information content (AvgIpc) is 2.68. The standard InChI is InChI=1S/C22H25NO3/c1-2-26-22(25)16-18-23(17-15-20-11-7-4-8-12-20)21(24)14-13-19-9-5-3-6-10-19/h3-14H,2,15-18H2,1H3/b14-13+. The molecule has 0 saturated heterocycles. The SMILES string of the molecule is CCOC(=O)CCN(CCc1ccccc1)C(=O)/C=C/c1ccccc1. The van der Waals surface area contributed by atoms with Crippen molar-refractivity contribution < 1.29 is 14.3 Å². The molecule has 0 spiro atoms. The third kappa shape index (κ3) is 6.93. The van der Waals surface area contributed by atoms with Crippen LogP contribution >= 0.6 is 0 Å². The van der Waals surface area contributed by atoms with E-state index in [9.17, 15) is 9.59 Å². The molecule has 2 rings (SSSR count). The molecule has 0 aliphatic carbocycles. The zero-order valence-electron chi connectivity index (χ0n) is 15.1. The first-order valence-corrected chi connectivity index (χ1v) is 8.90. The van der Waals surface area contributed by atoms with Crippen LogP contribution in [0.25, 0.3) is 6.08 Å². The lowest BCUT2D eigenvalue weighted by atomic mass is 10.1. The lowest BCUT2D eigenvalue weighted by Crippen LogP contribution is -2.33. The van der Waals surface area contributed by atoms with E-state index in [4.69, 9.17) is 4.74 Å². The fraction of sp³-hybridized carbons (Fsp3) is 0.273. The Bertz CT molecular complexity index is 711. The highest BCUT2D eigenvalue weighted by molar-refractivity contribution is 5.92. The van der Waals surface area contributed by atoms with Gasteiger partial charge < -0.3 is 9.64 Å². The van der Waals surface area contributed by atoms with E-state index in [1.54, 1.807) is 24.0 Å². The smallest absolute Gasteiger partial charge is 0.307 e. The molecule has 136 valence electrons. The zero-order valence-corrected chi connectivity index (χ0v) is 15.1. The average molecular weight is 351 g/mol.